The number of nitrogens with zero attached hydrogens (tertiary/aromatic N) is 2. The first-order chi connectivity index (χ1) is 4.92. The highest BCUT2D eigenvalue weighted by Crippen LogP contribution is 2.17. The summed E-state index contributed by atoms with van der Waals surface area (Å²) in [6.45, 7) is 3.13. The van der Waals surface area contributed by atoms with Crippen LogP contribution in [0.2, 0.25) is 0 Å². The van der Waals surface area contributed by atoms with E-state index in [1.54, 1.807) is 11.3 Å². The highest BCUT2D eigenvalue weighted by atomic mass is 32.1. The summed E-state index contributed by atoms with van der Waals surface area (Å²) < 4.78 is 2.14. The molecule has 0 radical (unpaired) electrons. The zero-order valence-electron chi connectivity index (χ0n) is 5.74. The van der Waals surface area contributed by atoms with E-state index in [9.17, 15) is 0 Å². The summed E-state index contributed by atoms with van der Waals surface area (Å²) in [5.74, 6) is 0. The summed E-state index contributed by atoms with van der Waals surface area (Å²) in [5, 5.41) is 2.07. The van der Waals surface area contributed by atoms with E-state index >= 15 is 0 Å². The Morgan fingerprint density at radius 3 is 3.40 bits per heavy atom. The quantitative estimate of drug-likeness (QED) is 0.612. The number of imidazole rings is 1. The molecule has 0 aliphatic carbocycles. The summed E-state index contributed by atoms with van der Waals surface area (Å²) in [6, 6.07) is 2.11. The third-order valence-electron chi connectivity index (χ3n) is 1.59. The molecule has 10 heavy (non-hydrogen) atoms. The highest BCUT2D eigenvalue weighted by molar-refractivity contribution is 7.16. The van der Waals surface area contributed by atoms with Crippen LogP contribution in [0.3, 0.4) is 0 Å². The van der Waals surface area contributed by atoms with Gasteiger partial charge < -0.3 is 4.57 Å². The lowest BCUT2D eigenvalue weighted by Gasteiger charge is -1.92. The maximum atomic E-state index is 4.23. The summed E-state index contributed by atoms with van der Waals surface area (Å²) in [6.07, 6.45) is 1.89. The molecule has 2 aromatic heterocycles. The van der Waals surface area contributed by atoms with Gasteiger partial charge in [-0.05, 0) is 18.4 Å². The Bertz CT molecular complexity index is 334. The number of aromatic nitrogens is 2. The molecule has 0 aliphatic rings. The standard InChI is InChI=1S/C7H8N2S/c1-2-9-5-8-7-6(9)3-4-10-7/h3-5H,2H2,1H3. The predicted molar refractivity (Wildman–Crippen MR) is 43.3 cm³/mol. The number of fused-ring (bicyclic) bond motifs is 1. The second kappa shape index (κ2) is 2.09. The van der Waals surface area contributed by atoms with E-state index in [4.69, 9.17) is 0 Å². The van der Waals surface area contributed by atoms with E-state index in [-0.39, 0.29) is 0 Å². The van der Waals surface area contributed by atoms with Crippen LogP contribution in [0.1, 0.15) is 6.92 Å². The van der Waals surface area contributed by atoms with Crippen molar-refractivity contribution in [3.05, 3.63) is 17.8 Å². The third-order valence-corrected chi connectivity index (χ3v) is 2.40. The molecule has 0 N–H and O–H groups in total. The molecule has 0 unspecified atom stereocenters. The van der Waals surface area contributed by atoms with Gasteiger partial charge in [-0.25, -0.2) is 4.98 Å². The van der Waals surface area contributed by atoms with Crippen LogP contribution in [0.4, 0.5) is 0 Å². The third kappa shape index (κ3) is 0.671. The monoisotopic (exact) mass is 152 g/mol. The van der Waals surface area contributed by atoms with Crippen LogP contribution >= 0.6 is 11.3 Å². The lowest BCUT2D eigenvalue weighted by molar-refractivity contribution is 0.787. The minimum Gasteiger partial charge on any atom is -0.330 e. The fourth-order valence-corrected chi connectivity index (χ4v) is 1.79. The molecule has 0 fully saturated rings. The Balaban J connectivity index is 2.76. The fraction of sp³-hybridized carbons (Fsp3) is 0.286. The maximum absolute atomic E-state index is 4.23. The molecule has 52 valence electrons. The molecule has 0 saturated carbocycles. The van der Waals surface area contributed by atoms with Crippen LogP contribution in [0.5, 0.6) is 0 Å². The van der Waals surface area contributed by atoms with Crippen LogP contribution in [-0.2, 0) is 6.54 Å². The topological polar surface area (TPSA) is 17.8 Å². The Morgan fingerprint density at radius 2 is 2.60 bits per heavy atom. The van der Waals surface area contributed by atoms with E-state index in [0.717, 1.165) is 11.4 Å². The van der Waals surface area contributed by atoms with Crippen LogP contribution in [0, 0.1) is 0 Å². The van der Waals surface area contributed by atoms with Crippen molar-refractivity contribution < 1.29 is 0 Å². The smallest absolute Gasteiger partial charge is 0.141 e. The average molecular weight is 152 g/mol. The lowest BCUT2D eigenvalue weighted by atomic mass is 10.5. The molecular weight excluding hydrogens is 144 g/mol. The number of thiophene rings is 1. The molecular formula is C7H8N2S. The van der Waals surface area contributed by atoms with E-state index in [1.807, 2.05) is 6.33 Å². The molecule has 3 heteroatoms. The number of aryl methyl sites for hydroxylation is 1. The van der Waals surface area contributed by atoms with E-state index in [0.29, 0.717) is 0 Å². The molecule has 0 spiro atoms. The van der Waals surface area contributed by atoms with Crippen LogP contribution in [0.15, 0.2) is 17.8 Å². The second-order valence-electron chi connectivity index (χ2n) is 2.14. The van der Waals surface area contributed by atoms with Gasteiger partial charge in [0.05, 0.1) is 11.8 Å². The first-order valence-electron chi connectivity index (χ1n) is 3.30. The summed E-state index contributed by atoms with van der Waals surface area (Å²) in [7, 11) is 0. The van der Waals surface area contributed by atoms with Gasteiger partial charge >= 0.3 is 0 Å². The molecule has 0 bridgehead atoms. The van der Waals surface area contributed by atoms with Gasteiger partial charge in [0.25, 0.3) is 0 Å². The lowest BCUT2D eigenvalue weighted by Crippen LogP contribution is -1.88. The van der Waals surface area contributed by atoms with Crippen LogP contribution < -0.4 is 0 Å². The van der Waals surface area contributed by atoms with Gasteiger partial charge in [-0.3, -0.25) is 0 Å². The number of hydrogen-bond donors (Lipinski definition) is 0. The van der Waals surface area contributed by atoms with E-state index in [2.05, 4.69) is 27.9 Å². The minimum absolute atomic E-state index is 1.01. The maximum Gasteiger partial charge on any atom is 0.141 e. The Kier molecular flexibility index (Phi) is 1.24. The fourth-order valence-electron chi connectivity index (χ4n) is 1.05. The zero-order chi connectivity index (χ0) is 6.97. The van der Waals surface area contributed by atoms with E-state index < -0.39 is 0 Å². The van der Waals surface area contributed by atoms with Gasteiger partial charge in [0.15, 0.2) is 0 Å². The van der Waals surface area contributed by atoms with Crippen molar-refractivity contribution in [1.82, 2.24) is 9.55 Å². The summed E-state index contributed by atoms with van der Waals surface area (Å²) in [4.78, 5) is 5.37. The van der Waals surface area contributed by atoms with Crippen molar-refractivity contribution >= 4 is 21.7 Å². The van der Waals surface area contributed by atoms with Gasteiger partial charge in [-0.1, -0.05) is 0 Å². The van der Waals surface area contributed by atoms with Crippen molar-refractivity contribution in [2.75, 3.05) is 0 Å². The van der Waals surface area contributed by atoms with Gasteiger partial charge in [-0.2, -0.15) is 0 Å². The van der Waals surface area contributed by atoms with Crippen molar-refractivity contribution in [3.8, 4) is 0 Å². The molecule has 2 heterocycles. The van der Waals surface area contributed by atoms with Gasteiger partial charge in [0, 0.05) is 6.54 Å². The Morgan fingerprint density at radius 1 is 1.70 bits per heavy atom. The molecule has 0 amide bonds. The molecule has 2 rings (SSSR count). The molecule has 0 aliphatic heterocycles. The van der Waals surface area contributed by atoms with Crippen molar-refractivity contribution in [1.29, 1.82) is 0 Å². The Labute approximate surface area is 63.1 Å². The van der Waals surface area contributed by atoms with Gasteiger partial charge in [0.1, 0.15) is 4.83 Å². The minimum atomic E-state index is 1.01. The normalized spacial score (nSPS) is 10.9. The molecule has 0 saturated heterocycles. The van der Waals surface area contributed by atoms with Gasteiger partial charge in [0.2, 0.25) is 0 Å². The molecule has 2 nitrogen and oxygen atoms in total. The van der Waals surface area contributed by atoms with Crippen LogP contribution in [0.25, 0.3) is 10.3 Å². The van der Waals surface area contributed by atoms with Gasteiger partial charge in [-0.15, -0.1) is 11.3 Å². The number of hydrogen-bond acceptors (Lipinski definition) is 2. The summed E-state index contributed by atoms with van der Waals surface area (Å²) >= 11 is 1.69. The highest BCUT2D eigenvalue weighted by Gasteiger charge is 1.99. The molecule has 0 atom stereocenters. The number of rotatable bonds is 1. The SMILES string of the molecule is CCn1cnc2sccc21. The Hall–Kier alpha value is -0.830. The first kappa shape index (κ1) is 5.92. The first-order valence-corrected chi connectivity index (χ1v) is 4.18. The predicted octanol–water partition coefficient (Wildman–Crippen LogP) is 2.12. The summed E-state index contributed by atoms with van der Waals surface area (Å²) in [5.41, 5.74) is 1.26. The van der Waals surface area contributed by atoms with Crippen molar-refractivity contribution in [3.63, 3.8) is 0 Å². The van der Waals surface area contributed by atoms with Crippen molar-refractivity contribution in [2.45, 2.75) is 13.5 Å². The average Bonchev–Trinajstić information content (AvgIpc) is 2.44. The molecule has 0 aromatic carbocycles. The zero-order valence-corrected chi connectivity index (χ0v) is 6.56. The second-order valence-corrected chi connectivity index (χ2v) is 3.04. The largest absolute Gasteiger partial charge is 0.330 e. The molecule has 2 aromatic rings. The van der Waals surface area contributed by atoms with E-state index in [1.165, 1.54) is 5.52 Å². The van der Waals surface area contributed by atoms with Crippen molar-refractivity contribution in [2.24, 2.45) is 0 Å². The van der Waals surface area contributed by atoms with Crippen LogP contribution in [-0.4, -0.2) is 9.55 Å².